The summed E-state index contributed by atoms with van der Waals surface area (Å²) < 4.78 is 21.2. The molecule has 0 radical (unpaired) electrons. The molecule has 1 aliphatic rings. The van der Waals surface area contributed by atoms with Crippen LogP contribution in [0.25, 0.3) is 0 Å². The molecule has 0 unspecified atom stereocenters. The van der Waals surface area contributed by atoms with Crippen molar-refractivity contribution < 1.29 is 23.7 Å². The standard InChI is InChI=1S/C19H21N3O5S/c1-11-15(24-2)7-13(8-16(11)25-3)18(23)21-22-19(28)20-9-12-4-5-14-17(6-12)27-10-26-14/h4-8H,9-10H2,1-3H3,(H,21,23)(H2,20,22,28). The highest BCUT2D eigenvalue weighted by Crippen LogP contribution is 2.32. The zero-order chi connectivity index (χ0) is 20.1. The SMILES string of the molecule is COc1cc(C(=O)NNC(=S)NCc2ccc3c(c2)OCO3)cc(OC)c1C. The van der Waals surface area contributed by atoms with Gasteiger partial charge in [0.1, 0.15) is 11.5 Å². The fourth-order valence-electron chi connectivity index (χ4n) is 2.68. The summed E-state index contributed by atoms with van der Waals surface area (Å²) >= 11 is 5.20. The average Bonchev–Trinajstić information content (AvgIpc) is 3.18. The Bertz CT molecular complexity index is 878. The van der Waals surface area contributed by atoms with Crippen LogP contribution in [0.15, 0.2) is 30.3 Å². The summed E-state index contributed by atoms with van der Waals surface area (Å²) in [6.07, 6.45) is 0. The van der Waals surface area contributed by atoms with E-state index < -0.39 is 0 Å². The van der Waals surface area contributed by atoms with Gasteiger partial charge in [0.15, 0.2) is 16.6 Å². The van der Waals surface area contributed by atoms with Gasteiger partial charge in [-0.05, 0) is 49.0 Å². The smallest absolute Gasteiger partial charge is 0.269 e. The van der Waals surface area contributed by atoms with Gasteiger partial charge in [0.25, 0.3) is 5.91 Å². The Morgan fingerprint density at radius 3 is 2.43 bits per heavy atom. The molecule has 8 nitrogen and oxygen atoms in total. The summed E-state index contributed by atoms with van der Waals surface area (Å²) in [6, 6.07) is 8.90. The van der Waals surface area contributed by atoms with E-state index in [1.807, 2.05) is 25.1 Å². The molecule has 1 heterocycles. The Kier molecular flexibility index (Phi) is 6.05. The number of thiocarbonyl (C=S) groups is 1. The molecule has 0 saturated heterocycles. The number of benzene rings is 2. The number of hydrogen-bond acceptors (Lipinski definition) is 6. The normalized spacial score (nSPS) is 11.5. The number of ether oxygens (including phenoxy) is 4. The van der Waals surface area contributed by atoms with Crippen molar-refractivity contribution in [1.82, 2.24) is 16.2 Å². The highest BCUT2D eigenvalue weighted by atomic mass is 32.1. The number of carbonyl (C=O) groups is 1. The fourth-order valence-corrected chi connectivity index (χ4v) is 2.80. The lowest BCUT2D eigenvalue weighted by atomic mass is 10.1. The number of fused-ring (bicyclic) bond motifs is 1. The molecule has 2 aromatic carbocycles. The maximum atomic E-state index is 12.4. The first-order chi connectivity index (χ1) is 13.5. The van der Waals surface area contributed by atoms with E-state index in [0.29, 0.717) is 29.4 Å². The molecule has 1 aliphatic heterocycles. The summed E-state index contributed by atoms with van der Waals surface area (Å²) in [5.74, 6) is 2.18. The van der Waals surface area contributed by atoms with Crippen molar-refractivity contribution in [3.63, 3.8) is 0 Å². The van der Waals surface area contributed by atoms with E-state index in [9.17, 15) is 4.79 Å². The van der Waals surface area contributed by atoms with E-state index in [1.54, 1.807) is 12.1 Å². The van der Waals surface area contributed by atoms with Crippen LogP contribution in [-0.4, -0.2) is 32.0 Å². The third-order valence-corrected chi connectivity index (χ3v) is 4.44. The van der Waals surface area contributed by atoms with Gasteiger partial charge < -0.3 is 24.3 Å². The minimum Gasteiger partial charge on any atom is -0.496 e. The molecule has 3 N–H and O–H groups in total. The number of hydrogen-bond donors (Lipinski definition) is 3. The molecular formula is C19H21N3O5S. The van der Waals surface area contributed by atoms with Crippen molar-refractivity contribution in [2.24, 2.45) is 0 Å². The molecule has 0 aliphatic carbocycles. The minimum absolute atomic E-state index is 0.229. The maximum absolute atomic E-state index is 12.4. The molecule has 0 atom stereocenters. The van der Waals surface area contributed by atoms with Crippen LogP contribution in [0.3, 0.4) is 0 Å². The molecule has 0 spiro atoms. The van der Waals surface area contributed by atoms with E-state index >= 15 is 0 Å². The highest BCUT2D eigenvalue weighted by Gasteiger charge is 2.15. The Morgan fingerprint density at radius 1 is 1.07 bits per heavy atom. The van der Waals surface area contributed by atoms with E-state index in [1.165, 1.54) is 14.2 Å². The molecule has 0 aromatic heterocycles. The Labute approximate surface area is 168 Å². The lowest BCUT2D eigenvalue weighted by Gasteiger charge is -2.14. The lowest BCUT2D eigenvalue weighted by molar-refractivity contribution is 0.0943. The third kappa shape index (κ3) is 4.37. The Morgan fingerprint density at radius 2 is 1.75 bits per heavy atom. The van der Waals surface area contributed by atoms with Crippen LogP contribution in [0.5, 0.6) is 23.0 Å². The van der Waals surface area contributed by atoms with Crippen molar-refractivity contribution in [2.75, 3.05) is 21.0 Å². The summed E-state index contributed by atoms with van der Waals surface area (Å²) in [6.45, 7) is 2.55. The molecule has 28 heavy (non-hydrogen) atoms. The number of rotatable bonds is 5. The van der Waals surface area contributed by atoms with Gasteiger partial charge >= 0.3 is 0 Å². The second kappa shape index (κ2) is 8.66. The van der Waals surface area contributed by atoms with Gasteiger partial charge in [-0.2, -0.15) is 0 Å². The largest absolute Gasteiger partial charge is 0.496 e. The average molecular weight is 403 g/mol. The van der Waals surface area contributed by atoms with E-state index in [2.05, 4.69) is 16.2 Å². The van der Waals surface area contributed by atoms with Crippen LogP contribution in [0.1, 0.15) is 21.5 Å². The van der Waals surface area contributed by atoms with Gasteiger partial charge in [0.2, 0.25) is 6.79 Å². The van der Waals surface area contributed by atoms with Crippen molar-refractivity contribution >= 4 is 23.2 Å². The first kappa shape index (κ1) is 19.6. The first-order valence-corrected chi connectivity index (χ1v) is 8.88. The monoisotopic (exact) mass is 403 g/mol. The minimum atomic E-state index is -0.371. The van der Waals surface area contributed by atoms with Gasteiger partial charge in [0, 0.05) is 17.7 Å². The van der Waals surface area contributed by atoms with Crippen LogP contribution in [0.4, 0.5) is 0 Å². The molecule has 3 rings (SSSR count). The molecule has 9 heteroatoms. The summed E-state index contributed by atoms with van der Waals surface area (Å²) in [7, 11) is 3.08. The fraction of sp³-hybridized carbons (Fsp3) is 0.263. The Hall–Kier alpha value is -3.20. The van der Waals surface area contributed by atoms with Crippen LogP contribution in [-0.2, 0) is 6.54 Å². The van der Waals surface area contributed by atoms with Crippen LogP contribution in [0, 0.1) is 6.92 Å². The van der Waals surface area contributed by atoms with E-state index in [0.717, 1.165) is 16.9 Å². The molecule has 0 fully saturated rings. The number of amides is 1. The van der Waals surface area contributed by atoms with E-state index in [4.69, 9.17) is 31.2 Å². The van der Waals surface area contributed by atoms with Crippen LogP contribution >= 0.6 is 12.2 Å². The molecular weight excluding hydrogens is 382 g/mol. The topological polar surface area (TPSA) is 90.1 Å². The number of hydrazine groups is 1. The third-order valence-electron chi connectivity index (χ3n) is 4.19. The second-order valence-electron chi connectivity index (χ2n) is 5.96. The van der Waals surface area contributed by atoms with E-state index in [-0.39, 0.29) is 17.8 Å². The highest BCUT2D eigenvalue weighted by molar-refractivity contribution is 7.80. The zero-order valence-electron chi connectivity index (χ0n) is 15.8. The summed E-state index contributed by atoms with van der Waals surface area (Å²) in [4.78, 5) is 12.4. The van der Waals surface area contributed by atoms with Crippen molar-refractivity contribution in [1.29, 1.82) is 0 Å². The molecule has 0 saturated carbocycles. The second-order valence-corrected chi connectivity index (χ2v) is 6.36. The van der Waals surface area contributed by atoms with Crippen LogP contribution < -0.4 is 35.1 Å². The zero-order valence-corrected chi connectivity index (χ0v) is 16.6. The lowest BCUT2D eigenvalue weighted by Crippen LogP contribution is -2.46. The predicted molar refractivity (Wildman–Crippen MR) is 107 cm³/mol. The molecule has 2 aromatic rings. The maximum Gasteiger partial charge on any atom is 0.269 e. The predicted octanol–water partition coefficient (Wildman–Crippen LogP) is 2.05. The van der Waals surface area contributed by atoms with Gasteiger partial charge in [-0.25, -0.2) is 0 Å². The van der Waals surface area contributed by atoms with Gasteiger partial charge in [-0.1, -0.05) is 6.07 Å². The number of nitrogens with one attached hydrogen (secondary N) is 3. The summed E-state index contributed by atoms with van der Waals surface area (Å²) in [5.41, 5.74) is 7.39. The van der Waals surface area contributed by atoms with Gasteiger partial charge in [-0.15, -0.1) is 0 Å². The first-order valence-electron chi connectivity index (χ1n) is 8.47. The Balaban J connectivity index is 1.53. The number of methoxy groups -OCH3 is 2. The van der Waals surface area contributed by atoms with Crippen molar-refractivity contribution in [3.05, 3.63) is 47.0 Å². The van der Waals surface area contributed by atoms with Crippen molar-refractivity contribution in [2.45, 2.75) is 13.5 Å². The van der Waals surface area contributed by atoms with Gasteiger partial charge in [0.05, 0.1) is 14.2 Å². The van der Waals surface area contributed by atoms with Gasteiger partial charge in [-0.3, -0.25) is 15.6 Å². The van der Waals surface area contributed by atoms with Crippen LogP contribution in [0.2, 0.25) is 0 Å². The molecule has 148 valence electrons. The molecule has 1 amide bonds. The quantitative estimate of drug-likeness (QED) is 0.516. The summed E-state index contributed by atoms with van der Waals surface area (Å²) in [5, 5.41) is 3.29. The molecule has 0 bridgehead atoms. The number of carbonyl (C=O) groups excluding carboxylic acids is 1. The van der Waals surface area contributed by atoms with Crippen molar-refractivity contribution in [3.8, 4) is 23.0 Å².